The molecular formula is C14H20BrN3O2. The van der Waals surface area contributed by atoms with Crippen molar-refractivity contribution in [3.63, 3.8) is 0 Å². The SMILES string of the molecule is Cc1ccc(Br)c(NC(=O)CNC(=O)[C@@H](N)C(C)C)c1. The Morgan fingerprint density at radius 3 is 2.60 bits per heavy atom. The molecule has 0 fully saturated rings. The molecule has 1 atom stereocenters. The third kappa shape index (κ3) is 4.94. The molecule has 0 aromatic heterocycles. The largest absolute Gasteiger partial charge is 0.346 e. The Balaban J connectivity index is 2.52. The van der Waals surface area contributed by atoms with Gasteiger partial charge in [-0.1, -0.05) is 19.9 Å². The van der Waals surface area contributed by atoms with Gasteiger partial charge in [0.05, 0.1) is 18.3 Å². The topological polar surface area (TPSA) is 84.2 Å². The first-order valence-corrected chi connectivity index (χ1v) is 7.20. The number of benzene rings is 1. The molecule has 0 saturated carbocycles. The van der Waals surface area contributed by atoms with E-state index < -0.39 is 6.04 Å². The molecule has 0 bridgehead atoms. The van der Waals surface area contributed by atoms with Gasteiger partial charge in [0.25, 0.3) is 0 Å². The number of carbonyl (C=O) groups is 2. The second-order valence-corrected chi connectivity index (χ2v) is 5.87. The lowest BCUT2D eigenvalue weighted by atomic mass is 10.1. The molecule has 0 aliphatic carbocycles. The lowest BCUT2D eigenvalue weighted by molar-refractivity contribution is -0.125. The van der Waals surface area contributed by atoms with Crippen molar-refractivity contribution in [3.05, 3.63) is 28.2 Å². The Morgan fingerprint density at radius 1 is 1.35 bits per heavy atom. The first kappa shape index (κ1) is 16.7. The Hall–Kier alpha value is -1.40. The van der Waals surface area contributed by atoms with Crippen LogP contribution in [0.25, 0.3) is 0 Å². The van der Waals surface area contributed by atoms with Crippen LogP contribution in [0.4, 0.5) is 5.69 Å². The van der Waals surface area contributed by atoms with Gasteiger partial charge >= 0.3 is 0 Å². The number of amides is 2. The molecule has 20 heavy (non-hydrogen) atoms. The highest BCUT2D eigenvalue weighted by Gasteiger charge is 2.17. The molecule has 1 aromatic rings. The summed E-state index contributed by atoms with van der Waals surface area (Å²) in [5, 5.41) is 5.26. The number of nitrogens with one attached hydrogen (secondary N) is 2. The van der Waals surface area contributed by atoms with E-state index in [1.165, 1.54) is 0 Å². The van der Waals surface area contributed by atoms with Crippen molar-refractivity contribution in [1.29, 1.82) is 0 Å². The summed E-state index contributed by atoms with van der Waals surface area (Å²) in [5.74, 6) is -0.581. The number of hydrogen-bond donors (Lipinski definition) is 3. The zero-order valence-corrected chi connectivity index (χ0v) is 13.5. The van der Waals surface area contributed by atoms with Gasteiger partial charge in [0.15, 0.2) is 0 Å². The minimum Gasteiger partial charge on any atom is -0.346 e. The first-order valence-electron chi connectivity index (χ1n) is 6.40. The maximum Gasteiger partial charge on any atom is 0.243 e. The molecule has 0 aliphatic heterocycles. The normalized spacial score (nSPS) is 12.1. The molecule has 0 unspecified atom stereocenters. The third-order valence-corrected chi connectivity index (χ3v) is 3.53. The van der Waals surface area contributed by atoms with Gasteiger partial charge in [-0.2, -0.15) is 0 Å². The van der Waals surface area contributed by atoms with E-state index in [2.05, 4.69) is 26.6 Å². The van der Waals surface area contributed by atoms with Crippen molar-refractivity contribution >= 4 is 33.4 Å². The van der Waals surface area contributed by atoms with Crippen LogP contribution < -0.4 is 16.4 Å². The van der Waals surface area contributed by atoms with E-state index in [9.17, 15) is 9.59 Å². The van der Waals surface area contributed by atoms with Gasteiger partial charge in [-0.05, 0) is 46.5 Å². The number of halogens is 1. The van der Waals surface area contributed by atoms with E-state index in [-0.39, 0.29) is 24.3 Å². The van der Waals surface area contributed by atoms with Crippen molar-refractivity contribution in [2.75, 3.05) is 11.9 Å². The molecule has 2 amide bonds. The van der Waals surface area contributed by atoms with Gasteiger partial charge in [0, 0.05) is 4.47 Å². The van der Waals surface area contributed by atoms with Crippen molar-refractivity contribution in [2.45, 2.75) is 26.8 Å². The highest BCUT2D eigenvalue weighted by atomic mass is 79.9. The minimum absolute atomic E-state index is 0.0315. The molecule has 0 heterocycles. The summed E-state index contributed by atoms with van der Waals surface area (Å²) in [4.78, 5) is 23.4. The highest BCUT2D eigenvalue weighted by molar-refractivity contribution is 9.10. The fraction of sp³-hybridized carbons (Fsp3) is 0.429. The van der Waals surface area contributed by atoms with E-state index in [1.54, 1.807) is 0 Å². The summed E-state index contributed by atoms with van der Waals surface area (Å²) < 4.78 is 0.793. The summed E-state index contributed by atoms with van der Waals surface area (Å²) in [6.07, 6.45) is 0. The van der Waals surface area contributed by atoms with Crippen molar-refractivity contribution in [2.24, 2.45) is 11.7 Å². The molecule has 1 rings (SSSR count). The predicted octanol–water partition coefficient (Wildman–Crippen LogP) is 1.80. The van der Waals surface area contributed by atoms with Crippen LogP contribution in [0.2, 0.25) is 0 Å². The zero-order valence-electron chi connectivity index (χ0n) is 11.9. The fourth-order valence-corrected chi connectivity index (χ4v) is 1.86. The highest BCUT2D eigenvalue weighted by Crippen LogP contribution is 2.23. The molecule has 6 heteroatoms. The zero-order chi connectivity index (χ0) is 15.3. The van der Waals surface area contributed by atoms with E-state index in [4.69, 9.17) is 5.73 Å². The summed E-state index contributed by atoms with van der Waals surface area (Å²) in [7, 11) is 0. The Kier molecular flexibility index (Phi) is 6.16. The lowest BCUT2D eigenvalue weighted by Crippen LogP contribution is -2.46. The molecule has 0 spiro atoms. The lowest BCUT2D eigenvalue weighted by Gasteiger charge is -2.15. The summed E-state index contributed by atoms with van der Waals surface area (Å²) in [6.45, 7) is 5.55. The second kappa shape index (κ2) is 7.40. The maximum absolute atomic E-state index is 11.8. The number of rotatable bonds is 5. The molecule has 0 saturated heterocycles. The molecule has 1 aromatic carbocycles. The standard InChI is InChI=1S/C14H20BrN3O2/c1-8(2)13(16)14(20)17-7-12(19)18-11-6-9(3)4-5-10(11)15/h4-6,8,13H,7,16H2,1-3H3,(H,17,20)(H,18,19)/t13-/m0/s1. The first-order chi connectivity index (χ1) is 9.31. The molecule has 110 valence electrons. The van der Waals surface area contributed by atoms with Gasteiger partial charge in [-0.3, -0.25) is 9.59 Å². The summed E-state index contributed by atoms with van der Waals surface area (Å²) >= 11 is 3.36. The van der Waals surface area contributed by atoms with Crippen molar-refractivity contribution in [3.8, 4) is 0 Å². The third-order valence-electron chi connectivity index (χ3n) is 2.84. The van der Waals surface area contributed by atoms with Crippen LogP contribution in [0.15, 0.2) is 22.7 Å². The van der Waals surface area contributed by atoms with Gasteiger partial charge in [0.1, 0.15) is 0 Å². The molecular weight excluding hydrogens is 322 g/mol. The second-order valence-electron chi connectivity index (χ2n) is 5.02. The van der Waals surface area contributed by atoms with Gasteiger partial charge in [-0.25, -0.2) is 0 Å². The monoisotopic (exact) mass is 341 g/mol. The fourth-order valence-electron chi connectivity index (χ4n) is 1.52. The Labute approximate surface area is 127 Å². The number of anilines is 1. The van der Waals surface area contributed by atoms with Crippen LogP contribution in [-0.4, -0.2) is 24.4 Å². The number of aryl methyl sites for hydroxylation is 1. The van der Waals surface area contributed by atoms with Crippen LogP contribution >= 0.6 is 15.9 Å². The van der Waals surface area contributed by atoms with Crippen LogP contribution in [0.1, 0.15) is 19.4 Å². The van der Waals surface area contributed by atoms with Gasteiger partial charge in [0.2, 0.25) is 11.8 Å². The number of carbonyl (C=O) groups excluding carboxylic acids is 2. The average Bonchev–Trinajstić information content (AvgIpc) is 2.39. The Bertz CT molecular complexity index is 503. The molecule has 0 radical (unpaired) electrons. The quantitative estimate of drug-likeness (QED) is 0.763. The van der Waals surface area contributed by atoms with E-state index in [1.807, 2.05) is 39.0 Å². The van der Waals surface area contributed by atoms with E-state index in [0.717, 1.165) is 10.0 Å². The Morgan fingerprint density at radius 2 is 2.00 bits per heavy atom. The molecule has 5 nitrogen and oxygen atoms in total. The van der Waals surface area contributed by atoms with Gasteiger partial charge in [-0.15, -0.1) is 0 Å². The molecule has 0 aliphatic rings. The van der Waals surface area contributed by atoms with Crippen molar-refractivity contribution in [1.82, 2.24) is 5.32 Å². The van der Waals surface area contributed by atoms with Crippen LogP contribution in [0.5, 0.6) is 0 Å². The summed E-state index contributed by atoms with van der Waals surface area (Å²) in [5.41, 5.74) is 7.41. The van der Waals surface area contributed by atoms with Crippen LogP contribution in [0, 0.1) is 12.8 Å². The minimum atomic E-state index is -0.603. The average molecular weight is 342 g/mol. The van der Waals surface area contributed by atoms with E-state index in [0.29, 0.717) is 5.69 Å². The number of hydrogen-bond acceptors (Lipinski definition) is 3. The predicted molar refractivity (Wildman–Crippen MR) is 83.3 cm³/mol. The smallest absolute Gasteiger partial charge is 0.243 e. The number of nitrogens with two attached hydrogens (primary N) is 1. The maximum atomic E-state index is 11.8. The van der Waals surface area contributed by atoms with Crippen molar-refractivity contribution < 1.29 is 9.59 Å². The van der Waals surface area contributed by atoms with Gasteiger partial charge < -0.3 is 16.4 Å². The van der Waals surface area contributed by atoms with Crippen LogP contribution in [0.3, 0.4) is 0 Å². The molecule has 4 N–H and O–H groups in total. The van der Waals surface area contributed by atoms with Crippen LogP contribution in [-0.2, 0) is 9.59 Å². The van der Waals surface area contributed by atoms with E-state index >= 15 is 0 Å². The summed E-state index contributed by atoms with van der Waals surface area (Å²) in [6, 6.07) is 5.04.